The number of benzene rings is 1. The summed E-state index contributed by atoms with van der Waals surface area (Å²) in [5, 5.41) is 9.52. The Kier molecular flexibility index (Phi) is 4.64. The largest absolute Gasteiger partial charge is 0.504 e. The number of rotatable bonds is 5. The van der Waals surface area contributed by atoms with Crippen LogP contribution in [0.2, 0.25) is 0 Å². The average Bonchev–Trinajstić information content (AvgIpc) is 2.27. The van der Waals surface area contributed by atoms with Crippen LogP contribution in [0.1, 0.15) is 18.9 Å². The number of carbonyl (C=O) groups is 1. The fourth-order valence-electron chi connectivity index (χ4n) is 1.47. The van der Waals surface area contributed by atoms with Crippen molar-refractivity contribution >= 4 is 5.97 Å². The van der Waals surface area contributed by atoms with Gasteiger partial charge in [-0.25, -0.2) is 0 Å². The second-order valence-corrected chi connectivity index (χ2v) is 3.27. The molecule has 0 atom stereocenters. The Balaban J connectivity index is 2.66. The zero-order valence-electron chi connectivity index (χ0n) is 9.53. The lowest BCUT2D eigenvalue weighted by Crippen LogP contribution is -2.05. The topological polar surface area (TPSA) is 55.8 Å². The fourth-order valence-corrected chi connectivity index (χ4v) is 1.47. The summed E-state index contributed by atoms with van der Waals surface area (Å²) >= 11 is 0. The first kappa shape index (κ1) is 12.4. The number of para-hydroxylation sites is 1. The van der Waals surface area contributed by atoms with Gasteiger partial charge >= 0.3 is 5.97 Å². The highest BCUT2D eigenvalue weighted by Gasteiger charge is 2.10. The van der Waals surface area contributed by atoms with E-state index in [-0.39, 0.29) is 18.1 Å². The molecule has 0 saturated heterocycles. The number of hydrogen-bond acceptors (Lipinski definition) is 4. The lowest BCUT2D eigenvalue weighted by molar-refractivity contribution is -0.143. The van der Waals surface area contributed by atoms with Gasteiger partial charge in [-0.1, -0.05) is 12.1 Å². The molecule has 0 amide bonds. The highest BCUT2D eigenvalue weighted by atomic mass is 16.5. The van der Waals surface area contributed by atoms with Crippen molar-refractivity contribution < 1.29 is 19.4 Å². The van der Waals surface area contributed by atoms with Crippen molar-refractivity contribution in [2.24, 2.45) is 0 Å². The molecule has 0 radical (unpaired) electrons. The zero-order valence-corrected chi connectivity index (χ0v) is 9.53. The summed E-state index contributed by atoms with van der Waals surface area (Å²) in [6.45, 7) is 2.16. The molecule has 1 aromatic carbocycles. The number of phenolic OH excluding ortho intramolecular Hbond substituents is 1. The number of methoxy groups -OCH3 is 1. The van der Waals surface area contributed by atoms with Crippen molar-refractivity contribution in [1.82, 2.24) is 0 Å². The summed E-state index contributed by atoms with van der Waals surface area (Å²) in [7, 11) is 1.49. The normalized spacial score (nSPS) is 9.88. The summed E-state index contributed by atoms with van der Waals surface area (Å²) in [4.78, 5) is 11.2. The van der Waals surface area contributed by atoms with Crippen LogP contribution in [0.25, 0.3) is 0 Å². The molecule has 0 bridgehead atoms. The number of ether oxygens (including phenoxy) is 2. The maximum absolute atomic E-state index is 11.2. The molecule has 4 heteroatoms. The first-order chi connectivity index (χ1) is 7.69. The van der Waals surface area contributed by atoms with Gasteiger partial charge in [-0.15, -0.1) is 0 Å². The quantitative estimate of drug-likeness (QED) is 0.776. The Morgan fingerprint density at radius 2 is 2.19 bits per heavy atom. The Bertz CT molecular complexity index is 360. The van der Waals surface area contributed by atoms with Crippen molar-refractivity contribution in [2.45, 2.75) is 19.8 Å². The minimum absolute atomic E-state index is 0.0869. The van der Waals surface area contributed by atoms with E-state index in [1.54, 1.807) is 19.1 Å². The van der Waals surface area contributed by atoms with Crippen molar-refractivity contribution in [2.75, 3.05) is 13.7 Å². The van der Waals surface area contributed by atoms with Gasteiger partial charge in [0.05, 0.1) is 13.7 Å². The molecule has 0 saturated carbocycles. The number of carbonyl (C=O) groups excluding carboxylic acids is 1. The van der Waals surface area contributed by atoms with Crippen molar-refractivity contribution in [3.8, 4) is 11.5 Å². The zero-order chi connectivity index (χ0) is 12.0. The second-order valence-electron chi connectivity index (χ2n) is 3.27. The minimum Gasteiger partial charge on any atom is -0.504 e. The summed E-state index contributed by atoms with van der Waals surface area (Å²) < 4.78 is 9.89. The van der Waals surface area contributed by atoms with Gasteiger partial charge in [0, 0.05) is 6.42 Å². The molecule has 0 fully saturated rings. The van der Waals surface area contributed by atoms with Crippen LogP contribution in [0.4, 0.5) is 0 Å². The molecule has 4 nitrogen and oxygen atoms in total. The van der Waals surface area contributed by atoms with Gasteiger partial charge in [-0.2, -0.15) is 0 Å². The molecule has 1 rings (SSSR count). The van der Waals surface area contributed by atoms with Gasteiger partial charge in [-0.05, 0) is 25.0 Å². The molecule has 16 heavy (non-hydrogen) atoms. The Hall–Kier alpha value is -1.71. The monoisotopic (exact) mass is 224 g/mol. The molecule has 88 valence electrons. The SMILES string of the molecule is CCOC(=O)CCc1cccc(O)c1OC. The molecule has 0 aliphatic carbocycles. The van der Waals surface area contributed by atoms with Gasteiger partial charge in [0.15, 0.2) is 11.5 Å². The van der Waals surface area contributed by atoms with E-state index < -0.39 is 0 Å². The van der Waals surface area contributed by atoms with E-state index >= 15 is 0 Å². The van der Waals surface area contributed by atoms with Crippen LogP contribution >= 0.6 is 0 Å². The Morgan fingerprint density at radius 3 is 2.81 bits per heavy atom. The molecule has 0 aliphatic rings. The smallest absolute Gasteiger partial charge is 0.306 e. The average molecular weight is 224 g/mol. The maximum atomic E-state index is 11.2. The van der Waals surface area contributed by atoms with Gasteiger partial charge in [-0.3, -0.25) is 4.79 Å². The predicted molar refractivity (Wildman–Crippen MR) is 59.6 cm³/mol. The third kappa shape index (κ3) is 3.15. The Morgan fingerprint density at radius 1 is 1.44 bits per heavy atom. The van der Waals surface area contributed by atoms with Crippen molar-refractivity contribution in [3.63, 3.8) is 0 Å². The molecule has 0 unspecified atom stereocenters. The van der Waals surface area contributed by atoms with E-state index in [2.05, 4.69) is 0 Å². The van der Waals surface area contributed by atoms with Crippen LogP contribution in [-0.4, -0.2) is 24.8 Å². The molecular weight excluding hydrogens is 208 g/mol. The first-order valence-corrected chi connectivity index (χ1v) is 5.19. The van der Waals surface area contributed by atoms with E-state index in [9.17, 15) is 9.90 Å². The summed E-state index contributed by atoms with van der Waals surface area (Å²) in [6.07, 6.45) is 0.782. The number of phenols is 1. The van der Waals surface area contributed by atoms with Gasteiger partial charge in [0.2, 0.25) is 0 Å². The molecule has 0 spiro atoms. The Labute approximate surface area is 94.8 Å². The third-order valence-corrected chi connectivity index (χ3v) is 2.18. The van der Waals surface area contributed by atoms with Crippen molar-refractivity contribution in [1.29, 1.82) is 0 Å². The maximum Gasteiger partial charge on any atom is 0.306 e. The summed E-state index contributed by atoms with van der Waals surface area (Å²) in [6, 6.07) is 5.09. The number of aromatic hydroxyl groups is 1. The van der Waals surface area contributed by atoms with Crippen LogP contribution in [0.5, 0.6) is 11.5 Å². The predicted octanol–water partition coefficient (Wildman–Crippen LogP) is 1.90. The van der Waals surface area contributed by atoms with Crippen LogP contribution in [0, 0.1) is 0 Å². The fraction of sp³-hybridized carbons (Fsp3) is 0.417. The molecular formula is C12H16O4. The van der Waals surface area contributed by atoms with E-state index in [1.165, 1.54) is 7.11 Å². The van der Waals surface area contributed by atoms with Crippen molar-refractivity contribution in [3.05, 3.63) is 23.8 Å². The van der Waals surface area contributed by atoms with Crippen LogP contribution in [0.15, 0.2) is 18.2 Å². The lowest BCUT2D eigenvalue weighted by Gasteiger charge is -2.09. The highest BCUT2D eigenvalue weighted by molar-refractivity contribution is 5.70. The van der Waals surface area contributed by atoms with E-state index in [0.29, 0.717) is 18.8 Å². The van der Waals surface area contributed by atoms with Crippen LogP contribution in [0.3, 0.4) is 0 Å². The van der Waals surface area contributed by atoms with Crippen LogP contribution < -0.4 is 4.74 Å². The van der Waals surface area contributed by atoms with Gasteiger partial charge in [0.25, 0.3) is 0 Å². The van der Waals surface area contributed by atoms with E-state index in [1.807, 2.05) is 6.07 Å². The molecule has 0 heterocycles. The number of hydrogen-bond donors (Lipinski definition) is 1. The van der Waals surface area contributed by atoms with Gasteiger partial charge < -0.3 is 14.6 Å². The summed E-state index contributed by atoms with van der Waals surface area (Å²) in [5.41, 5.74) is 0.801. The van der Waals surface area contributed by atoms with E-state index in [0.717, 1.165) is 5.56 Å². The molecule has 0 aliphatic heterocycles. The third-order valence-electron chi connectivity index (χ3n) is 2.18. The minimum atomic E-state index is -0.243. The molecule has 0 aromatic heterocycles. The summed E-state index contributed by atoms with van der Waals surface area (Å²) in [5.74, 6) is 0.267. The highest BCUT2D eigenvalue weighted by Crippen LogP contribution is 2.30. The lowest BCUT2D eigenvalue weighted by atomic mass is 10.1. The standard InChI is InChI=1S/C12H16O4/c1-3-16-11(14)8-7-9-5-4-6-10(13)12(9)15-2/h4-6,13H,3,7-8H2,1-2H3. The number of aryl methyl sites for hydroxylation is 1. The second kappa shape index (κ2) is 6.00. The molecule has 1 N–H and O–H groups in total. The molecule has 1 aromatic rings. The van der Waals surface area contributed by atoms with Gasteiger partial charge in [0.1, 0.15) is 0 Å². The van der Waals surface area contributed by atoms with E-state index in [4.69, 9.17) is 9.47 Å². The first-order valence-electron chi connectivity index (χ1n) is 5.19. The van der Waals surface area contributed by atoms with Crippen LogP contribution in [-0.2, 0) is 16.0 Å². The number of esters is 1.